The third-order valence-electron chi connectivity index (χ3n) is 5.01. The van der Waals surface area contributed by atoms with E-state index in [4.69, 9.17) is 9.47 Å². The number of rotatable bonds is 1. The van der Waals surface area contributed by atoms with Crippen LogP contribution < -0.4 is 14.8 Å². The number of nitrogens with zero attached hydrogens (tertiary/aromatic N) is 7. The molecule has 5 heterocycles. The van der Waals surface area contributed by atoms with Gasteiger partial charge in [0.05, 0.1) is 25.1 Å². The highest BCUT2D eigenvalue weighted by Crippen LogP contribution is 2.34. The highest BCUT2D eigenvalue weighted by molar-refractivity contribution is 5.71. The number of hydrogen-bond donors (Lipinski definition) is 1. The van der Waals surface area contributed by atoms with Crippen molar-refractivity contribution in [1.29, 1.82) is 0 Å². The molecule has 0 amide bonds. The second-order valence-electron chi connectivity index (χ2n) is 7.41. The van der Waals surface area contributed by atoms with E-state index in [1.165, 1.54) is 0 Å². The van der Waals surface area contributed by atoms with Gasteiger partial charge in [0.25, 0.3) is 0 Å². The molecular weight excluding hydrogens is 396 g/mol. The van der Waals surface area contributed by atoms with Crippen molar-refractivity contribution in [3.8, 4) is 34.1 Å². The number of ether oxygens (including phenoxy) is 2. The summed E-state index contributed by atoms with van der Waals surface area (Å²) in [4.78, 5) is 13.6. The molecule has 10 nitrogen and oxygen atoms in total. The minimum atomic E-state index is -0.0839. The molecule has 0 fully saturated rings. The highest BCUT2D eigenvalue weighted by Gasteiger charge is 2.18. The fourth-order valence-corrected chi connectivity index (χ4v) is 3.42. The van der Waals surface area contributed by atoms with Crippen LogP contribution in [0.3, 0.4) is 0 Å². The predicted molar refractivity (Wildman–Crippen MR) is 114 cm³/mol. The summed E-state index contributed by atoms with van der Waals surface area (Å²) in [7, 11) is 3.71. The van der Waals surface area contributed by atoms with Crippen molar-refractivity contribution >= 4 is 11.6 Å². The largest absolute Gasteiger partial charge is 0.490 e. The maximum absolute atomic E-state index is 6.30. The van der Waals surface area contributed by atoms with Crippen LogP contribution in [0.25, 0.3) is 22.5 Å². The predicted octanol–water partition coefficient (Wildman–Crippen LogP) is 2.97. The van der Waals surface area contributed by atoms with Gasteiger partial charge in [-0.05, 0) is 13.0 Å². The van der Waals surface area contributed by atoms with Crippen LogP contribution in [0.1, 0.15) is 13.3 Å². The van der Waals surface area contributed by atoms with Crippen molar-refractivity contribution in [2.45, 2.75) is 19.4 Å². The van der Waals surface area contributed by atoms with Crippen LogP contribution in [0, 0.1) is 0 Å². The van der Waals surface area contributed by atoms with Gasteiger partial charge in [-0.1, -0.05) is 0 Å². The van der Waals surface area contributed by atoms with Crippen LogP contribution >= 0.6 is 0 Å². The average molecular weight is 418 g/mol. The Hall–Kier alpha value is -3.95. The summed E-state index contributed by atoms with van der Waals surface area (Å²) in [5, 5.41) is 11.8. The first-order valence-electron chi connectivity index (χ1n) is 9.98. The maximum Gasteiger partial charge on any atom is 0.222 e. The van der Waals surface area contributed by atoms with Crippen LogP contribution in [-0.2, 0) is 14.1 Å². The Morgan fingerprint density at radius 2 is 1.97 bits per heavy atom. The molecule has 4 aromatic rings. The molecule has 0 spiro atoms. The first-order chi connectivity index (χ1) is 15.1. The quantitative estimate of drug-likeness (QED) is 0.503. The molecule has 4 aromatic heterocycles. The van der Waals surface area contributed by atoms with E-state index < -0.39 is 0 Å². The summed E-state index contributed by atoms with van der Waals surface area (Å²) in [6.45, 7) is 2.48. The number of hydrogen-bond acceptors (Lipinski definition) is 8. The van der Waals surface area contributed by atoms with Crippen molar-refractivity contribution in [1.82, 2.24) is 34.5 Å². The van der Waals surface area contributed by atoms with E-state index in [1.807, 2.05) is 33.3 Å². The molecular formula is C21H22N8O2. The Balaban J connectivity index is 1.58. The van der Waals surface area contributed by atoms with Crippen molar-refractivity contribution in [3.05, 3.63) is 43.1 Å². The van der Waals surface area contributed by atoms with E-state index >= 15 is 0 Å². The Kier molecular flexibility index (Phi) is 4.73. The van der Waals surface area contributed by atoms with E-state index in [2.05, 4.69) is 30.5 Å². The number of fused-ring (bicyclic) bond motifs is 6. The number of aromatic nitrogens is 7. The molecule has 31 heavy (non-hydrogen) atoms. The van der Waals surface area contributed by atoms with Crippen molar-refractivity contribution in [2.24, 2.45) is 14.1 Å². The third-order valence-corrected chi connectivity index (χ3v) is 5.01. The lowest BCUT2D eigenvalue weighted by Gasteiger charge is -2.19. The molecule has 0 saturated carbocycles. The first-order valence-corrected chi connectivity index (χ1v) is 9.98. The zero-order valence-corrected chi connectivity index (χ0v) is 17.5. The molecule has 1 atom stereocenters. The Labute approximate surface area is 178 Å². The molecule has 0 aliphatic carbocycles. The summed E-state index contributed by atoms with van der Waals surface area (Å²) in [6.07, 6.45) is 9.51. The Bertz CT molecular complexity index is 1230. The van der Waals surface area contributed by atoms with Gasteiger partial charge in [-0.25, -0.2) is 19.6 Å². The Morgan fingerprint density at radius 1 is 1.06 bits per heavy atom. The van der Waals surface area contributed by atoms with Gasteiger partial charge in [0.1, 0.15) is 22.9 Å². The van der Waals surface area contributed by atoms with Crippen molar-refractivity contribution < 1.29 is 9.47 Å². The summed E-state index contributed by atoms with van der Waals surface area (Å²) in [5.41, 5.74) is 2.54. The Morgan fingerprint density at radius 3 is 2.81 bits per heavy atom. The van der Waals surface area contributed by atoms with E-state index in [0.717, 1.165) is 16.7 Å². The lowest BCUT2D eigenvalue weighted by Crippen LogP contribution is -2.17. The van der Waals surface area contributed by atoms with E-state index in [0.29, 0.717) is 42.1 Å². The first kappa shape index (κ1) is 19.0. The van der Waals surface area contributed by atoms with Crippen LogP contribution in [0.15, 0.2) is 43.1 Å². The topological polar surface area (TPSA) is 105 Å². The van der Waals surface area contributed by atoms with E-state index in [1.54, 1.807) is 40.2 Å². The molecule has 4 bridgehead atoms. The van der Waals surface area contributed by atoms with Crippen molar-refractivity contribution in [3.63, 3.8) is 0 Å². The third kappa shape index (κ3) is 3.79. The fraction of sp³-hybridized carbons (Fsp3) is 0.286. The second-order valence-corrected chi connectivity index (χ2v) is 7.41. The van der Waals surface area contributed by atoms with Gasteiger partial charge in [0.15, 0.2) is 5.82 Å². The molecule has 1 aliphatic heterocycles. The molecule has 1 N–H and O–H groups in total. The van der Waals surface area contributed by atoms with Gasteiger partial charge in [-0.2, -0.15) is 10.2 Å². The summed E-state index contributed by atoms with van der Waals surface area (Å²) < 4.78 is 15.8. The van der Waals surface area contributed by atoms with Crippen molar-refractivity contribution in [2.75, 3.05) is 11.9 Å². The monoisotopic (exact) mass is 418 g/mol. The smallest absolute Gasteiger partial charge is 0.222 e. The van der Waals surface area contributed by atoms with Gasteiger partial charge in [-0.3, -0.25) is 4.68 Å². The highest BCUT2D eigenvalue weighted by atomic mass is 16.5. The lowest BCUT2D eigenvalue weighted by molar-refractivity contribution is 0.173. The fourth-order valence-electron chi connectivity index (χ4n) is 3.42. The zero-order valence-electron chi connectivity index (χ0n) is 17.5. The molecule has 10 heteroatoms. The van der Waals surface area contributed by atoms with E-state index in [9.17, 15) is 0 Å². The SMILES string of the molecule is C[C@H]1CCOc2c(cnn2C)-c2nccc(n2)Nc2cc(c(-c3cnn(C)c3)cn2)O1. The lowest BCUT2D eigenvalue weighted by atomic mass is 10.1. The normalized spacial score (nSPS) is 15.8. The number of nitrogens with one attached hydrogen (secondary N) is 1. The molecule has 5 rings (SSSR count). The van der Waals surface area contributed by atoms with Gasteiger partial charge in [0.2, 0.25) is 5.88 Å². The average Bonchev–Trinajstić information content (AvgIpc) is 3.34. The second kappa shape index (κ2) is 7.71. The number of anilines is 2. The molecule has 0 radical (unpaired) electrons. The van der Waals surface area contributed by atoms with Gasteiger partial charge in [-0.15, -0.1) is 0 Å². The van der Waals surface area contributed by atoms with Crippen LogP contribution in [0.2, 0.25) is 0 Å². The molecule has 1 aliphatic rings. The van der Waals surface area contributed by atoms with Crippen LogP contribution in [0.4, 0.5) is 11.6 Å². The molecule has 0 unspecified atom stereocenters. The minimum absolute atomic E-state index is 0.0839. The number of pyridine rings is 1. The molecule has 158 valence electrons. The van der Waals surface area contributed by atoms with E-state index in [-0.39, 0.29) is 6.10 Å². The molecule has 0 aromatic carbocycles. The summed E-state index contributed by atoms with van der Waals surface area (Å²) >= 11 is 0. The summed E-state index contributed by atoms with van der Waals surface area (Å²) in [5.74, 6) is 3.10. The summed E-state index contributed by atoms with van der Waals surface area (Å²) in [6, 6.07) is 3.66. The standard InChI is InChI=1S/C21H22N8O2/c1-13-5-7-30-21-16(11-25-29(21)3)20-22-6-4-18(27-20)26-19-8-17(31-13)15(10-23-19)14-9-24-28(2)12-14/h4,6,8-13H,5,7H2,1-3H3,(H,22,23,26,27)/t13-/m0/s1. The van der Waals surface area contributed by atoms with Crippen LogP contribution in [0.5, 0.6) is 11.6 Å². The maximum atomic E-state index is 6.30. The molecule has 0 saturated heterocycles. The van der Waals surface area contributed by atoms with Gasteiger partial charge < -0.3 is 14.8 Å². The van der Waals surface area contributed by atoms with Gasteiger partial charge in [0, 0.05) is 56.3 Å². The minimum Gasteiger partial charge on any atom is -0.490 e. The van der Waals surface area contributed by atoms with Gasteiger partial charge >= 0.3 is 0 Å². The number of aryl methyl sites for hydroxylation is 2. The van der Waals surface area contributed by atoms with Crippen LogP contribution in [-0.4, -0.2) is 47.2 Å². The zero-order chi connectivity index (χ0) is 21.4.